The molecule has 2 unspecified atom stereocenters. The van der Waals surface area contributed by atoms with E-state index in [1.807, 2.05) is 0 Å². The summed E-state index contributed by atoms with van der Waals surface area (Å²) < 4.78 is 16.8. The van der Waals surface area contributed by atoms with E-state index in [0.29, 0.717) is 24.2 Å². The van der Waals surface area contributed by atoms with Crippen LogP contribution in [0.25, 0.3) is 0 Å². The van der Waals surface area contributed by atoms with Gasteiger partial charge in [0.2, 0.25) is 0 Å². The molecule has 2 heterocycles. The van der Waals surface area contributed by atoms with Crippen LogP contribution in [0.3, 0.4) is 0 Å². The fourth-order valence-corrected chi connectivity index (χ4v) is 3.05. The quantitative estimate of drug-likeness (QED) is 0.727. The maximum atomic E-state index is 12.0. The van der Waals surface area contributed by atoms with Crippen molar-refractivity contribution in [2.45, 2.75) is 58.5 Å². The third-order valence-electron chi connectivity index (χ3n) is 4.68. The molecule has 0 aromatic heterocycles. The molecular formula is C14H24O4. The van der Waals surface area contributed by atoms with Gasteiger partial charge in [-0.3, -0.25) is 0 Å². The average molecular weight is 256 g/mol. The lowest BCUT2D eigenvalue weighted by Crippen LogP contribution is -2.48. The first-order valence-corrected chi connectivity index (χ1v) is 6.89. The summed E-state index contributed by atoms with van der Waals surface area (Å²) in [6.07, 6.45) is 1.60. The van der Waals surface area contributed by atoms with Gasteiger partial charge in [0.05, 0.1) is 19.3 Å². The van der Waals surface area contributed by atoms with Crippen LogP contribution in [0.5, 0.6) is 0 Å². The highest BCUT2D eigenvalue weighted by Crippen LogP contribution is 2.48. The molecule has 18 heavy (non-hydrogen) atoms. The third-order valence-corrected chi connectivity index (χ3v) is 4.68. The molecule has 0 radical (unpaired) electrons. The van der Waals surface area contributed by atoms with Gasteiger partial charge in [0.1, 0.15) is 0 Å². The summed E-state index contributed by atoms with van der Waals surface area (Å²) in [5.74, 6) is -0.355. The highest BCUT2D eigenvalue weighted by atomic mass is 16.8. The monoisotopic (exact) mass is 256 g/mol. The highest BCUT2D eigenvalue weighted by Gasteiger charge is 2.60. The van der Waals surface area contributed by atoms with Crippen LogP contribution in [0.4, 0.5) is 0 Å². The van der Waals surface area contributed by atoms with Crippen molar-refractivity contribution >= 4 is 5.97 Å². The first-order valence-electron chi connectivity index (χ1n) is 6.89. The van der Waals surface area contributed by atoms with Gasteiger partial charge in [0.15, 0.2) is 0 Å². The van der Waals surface area contributed by atoms with Gasteiger partial charge < -0.3 is 14.2 Å². The summed E-state index contributed by atoms with van der Waals surface area (Å²) in [7, 11) is 1.39. The second-order valence-electron chi connectivity index (χ2n) is 5.84. The van der Waals surface area contributed by atoms with Gasteiger partial charge in [-0.05, 0) is 17.8 Å². The molecule has 0 spiro atoms. The summed E-state index contributed by atoms with van der Waals surface area (Å²) in [6.45, 7) is 8.62. The summed E-state index contributed by atoms with van der Waals surface area (Å²) in [5.41, 5.74) is 0. The molecule has 0 saturated carbocycles. The molecule has 2 bridgehead atoms. The Kier molecular flexibility index (Phi) is 3.70. The van der Waals surface area contributed by atoms with Crippen molar-refractivity contribution in [3.63, 3.8) is 0 Å². The van der Waals surface area contributed by atoms with E-state index in [1.54, 1.807) is 0 Å². The third kappa shape index (κ3) is 1.95. The first kappa shape index (κ1) is 13.8. The fraction of sp³-hybridized carbons (Fsp3) is 0.929. The average Bonchev–Trinajstić information content (AvgIpc) is 2.71. The molecule has 0 N–H and O–H groups in total. The second kappa shape index (κ2) is 4.82. The Labute approximate surface area is 109 Å². The minimum Gasteiger partial charge on any atom is -0.465 e. The van der Waals surface area contributed by atoms with Crippen LogP contribution in [0.15, 0.2) is 0 Å². The lowest BCUT2D eigenvalue weighted by atomic mass is 9.80. The number of ether oxygens (including phenoxy) is 3. The predicted octanol–water partition coefficient (Wildman–Crippen LogP) is 2.36. The molecule has 4 heteroatoms. The van der Waals surface area contributed by atoms with Crippen molar-refractivity contribution in [3.8, 4) is 0 Å². The van der Waals surface area contributed by atoms with Crippen molar-refractivity contribution < 1.29 is 19.0 Å². The molecule has 4 nitrogen and oxygen atoms in total. The zero-order valence-corrected chi connectivity index (χ0v) is 11.9. The van der Waals surface area contributed by atoms with E-state index in [9.17, 15) is 4.79 Å². The Bertz CT molecular complexity index is 330. The summed E-state index contributed by atoms with van der Waals surface area (Å²) >= 11 is 0. The van der Waals surface area contributed by atoms with E-state index in [4.69, 9.17) is 14.2 Å². The van der Waals surface area contributed by atoms with Crippen LogP contribution in [0.2, 0.25) is 0 Å². The Morgan fingerprint density at radius 2 is 2.11 bits per heavy atom. The largest absolute Gasteiger partial charge is 0.465 e. The molecule has 0 aromatic rings. The number of fused-ring (bicyclic) bond motifs is 2. The predicted molar refractivity (Wildman–Crippen MR) is 66.9 cm³/mol. The zero-order chi connectivity index (χ0) is 13.5. The molecule has 0 amide bonds. The smallest absolute Gasteiger partial charge is 0.366 e. The topological polar surface area (TPSA) is 44.8 Å². The van der Waals surface area contributed by atoms with Gasteiger partial charge in [-0.25, -0.2) is 4.79 Å². The van der Waals surface area contributed by atoms with E-state index in [1.165, 1.54) is 7.11 Å². The number of carbonyl (C=O) groups is 1. The molecule has 2 saturated heterocycles. The summed E-state index contributed by atoms with van der Waals surface area (Å²) in [4.78, 5) is 12.0. The number of rotatable bonds is 3. The Morgan fingerprint density at radius 1 is 1.44 bits per heavy atom. The van der Waals surface area contributed by atoms with Gasteiger partial charge >= 0.3 is 5.97 Å². The maximum absolute atomic E-state index is 12.0. The van der Waals surface area contributed by atoms with Gasteiger partial charge in [0.25, 0.3) is 5.79 Å². The molecular weight excluding hydrogens is 232 g/mol. The molecule has 2 fully saturated rings. The van der Waals surface area contributed by atoms with Gasteiger partial charge in [-0.2, -0.15) is 0 Å². The second-order valence-corrected chi connectivity index (χ2v) is 5.84. The van der Waals surface area contributed by atoms with Crippen LogP contribution in [-0.2, 0) is 19.0 Å². The summed E-state index contributed by atoms with van der Waals surface area (Å²) in [6, 6.07) is 0. The lowest BCUT2D eigenvalue weighted by Gasteiger charge is -2.36. The van der Waals surface area contributed by atoms with Gasteiger partial charge in [0, 0.05) is 6.42 Å². The van der Waals surface area contributed by atoms with E-state index in [-0.39, 0.29) is 12.2 Å². The normalized spacial score (nSPS) is 44.7. The van der Waals surface area contributed by atoms with Gasteiger partial charge in [-0.15, -0.1) is 0 Å². The molecule has 0 aromatic carbocycles. The number of esters is 1. The Balaban J connectivity index is 2.28. The van der Waals surface area contributed by atoms with Crippen LogP contribution in [0.1, 0.15) is 40.5 Å². The minimum atomic E-state index is -1.15. The van der Waals surface area contributed by atoms with Crippen molar-refractivity contribution in [3.05, 3.63) is 0 Å². The number of hydrogen-bond donors (Lipinski definition) is 0. The van der Waals surface area contributed by atoms with E-state index < -0.39 is 11.8 Å². The Morgan fingerprint density at radius 3 is 2.67 bits per heavy atom. The molecule has 2 aliphatic heterocycles. The van der Waals surface area contributed by atoms with Crippen molar-refractivity contribution in [2.75, 3.05) is 7.11 Å². The van der Waals surface area contributed by atoms with Crippen molar-refractivity contribution in [1.29, 1.82) is 0 Å². The number of hydrogen-bond acceptors (Lipinski definition) is 4. The van der Waals surface area contributed by atoms with E-state index in [2.05, 4.69) is 27.7 Å². The lowest BCUT2D eigenvalue weighted by molar-refractivity contribution is -0.232. The van der Waals surface area contributed by atoms with Gasteiger partial charge in [-0.1, -0.05) is 34.1 Å². The fourth-order valence-electron chi connectivity index (χ4n) is 3.05. The zero-order valence-electron chi connectivity index (χ0n) is 11.9. The molecule has 104 valence electrons. The first-order chi connectivity index (χ1) is 8.45. The summed E-state index contributed by atoms with van der Waals surface area (Å²) in [5, 5.41) is 0. The molecule has 6 atom stereocenters. The molecule has 2 aliphatic rings. The van der Waals surface area contributed by atoms with Crippen LogP contribution in [-0.4, -0.2) is 31.1 Å². The van der Waals surface area contributed by atoms with Crippen LogP contribution in [0, 0.1) is 17.8 Å². The van der Waals surface area contributed by atoms with Crippen molar-refractivity contribution in [2.24, 2.45) is 17.8 Å². The minimum absolute atomic E-state index is 0.00259. The molecule has 2 rings (SSSR count). The van der Waals surface area contributed by atoms with E-state index in [0.717, 1.165) is 6.42 Å². The van der Waals surface area contributed by atoms with Crippen LogP contribution >= 0.6 is 0 Å². The Hall–Kier alpha value is -0.610. The highest BCUT2D eigenvalue weighted by molar-refractivity contribution is 5.78. The maximum Gasteiger partial charge on any atom is 0.366 e. The molecule has 0 aliphatic carbocycles. The van der Waals surface area contributed by atoms with Crippen molar-refractivity contribution in [1.82, 2.24) is 0 Å². The van der Waals surface area contributed by atoms with Crippen LogP contribution < -0.4 is 0 Å². The standard InChI is InChI=1S/C14H24O4/c1-6-8(2)11-12-10(4)9(3)7-14(17-11,18-12)13(15)16-5/h8-12H,6-7H2,1-5H3/t8-,9-,10-,11?,12?,14-/m1/s1. The SMILES string of the molecule is CC[C@@H](C)C1O[C@]2(C(=O)OC)C[C@@H](C)[C@@H](C)C1O2. The van der Waals surface area contributed by atoms with E-state index >= 15 is 0 Å². The number of carbonyl (C=O) groups excluding carboxylic acids is 1. The number of methoxy groups -OCH3 is 1.